The molecule has 0 aliphatic carbocycles. The first-order valence-electron chi connectivity index (χ1n) is 4.95. The molecule has 0 spiro atoms. The Hall–Kier alpha value is -2.30. The third-order valence-corrected chi connectivity index (χ3v) is 2.48. The van der Waals surface area contributed by atoms with Gasteiger partial charge in [0.05, 0.1) is 25.2 Å². The Morgan fingerprint density at radius 3 is 2.76 bits per heavy atom. The first-order valence-corrected chi connectivity index (χ1v) is 4.95. The van der Waals surface area contributed by atoms with Crippen LogP contribution >= 0.6 is 0 Å². The molecule has 5 heteroatoms. The van der Waals surface area contributed by atoms with Gasteiger partial charge in [-0.25, -0.2) is 4.79 Å². The minimum Gasteiger partial charge on any atom is -0.618 e. The van der Waals surface area contributed by atoms with Gasteiger partial charge in [-0.3, -0.25) is 0 Å². The fourth-order valence-electron chi connectivity index (χ4n) is 1.66. The molecule has 0 radical (unpaired) electrons. The van der Waals surface area contributed by atoms with Crippen molar-refractivity contribution < 1.29 is 19.0 Å². The Labute approximate surface area is 97.8 Å². The molecule has 0 fully saturated rings. The molecule has 5 nitrogen and oxygen atoms in total. The molecule has 0 bridgehead atoms. The van der Waals surface area contributed by atoms with Crippen molar-refractivity contribution in [1.82, 2.24) is 0 Å². The zero-order valence-corrected chi connectivity index (χ0v) is 9.47. The number of nitrogens with zero attached hydrogens (tertiary/aromatic N) is 1. The smallest absolute Gasteiger partial charge is 0.338 e. The summed E-state index contributed by atoms with van der Waals surface area (Å²) in [6.07, 6.45) is 1.36. The summed E-state index contributed by atoms with van der Waals surface area (Å²) in [5, 5.41) is 12.3. The van der Waals surface area contributed by atoms with Crippen LogP contribution in [0.15, 0.2) is 30.5 Å². The largest absolute Gasteiger partial charge is 0.618 e. The average Bonchev–Trinajstić information content (AvgIpc) is 2.37. The van der Waals surface area contributed by atoms with Gasteiger partial charge in [0.15, 0.2) is 6.20 Å². The average molecular weight is 233 g/mol. The second-order valence-electron chi connectivity index (χ2n) is 3.44. The summed E-state index contributed by atoms with van der Waals surface area (Å²) < 4.78 is 10.5. The first-order chi connectivity index (χ1) is 8.17. The zero-order valence-electron chi connectivity index (χ0n) is 9.47. The predicted molar refractivity (Wildman–Crippen MR) is 60.8 cm³/mol. The van der Waals surface area contributed by atoms with Crippen LogP contribution in [0.2, 0.25) is 0 Å². The van der Waals surface area contributed by atoms with Crippen LogP contribution in [0.1, 0.15) is 10.4 Å². The lowest BCUT2D eigenvalue weighted by molar-refractivity contribution is -0.577. The monoisotopic (exact) mass is 233 g/mol. The van der Waals surface area contributed by atoms with Crippen LogP contribution in [0.5, 0.6) is 5.75 Å². The second kappa shape index (κ2) is 4.29. The highest BCUT2D eigenvalue weighted by atomic mass is 16.5. The molecule has 88 valence electrons. The molecular weight excluding hydrogens is 222 g/mol. The quantitative estimate of drug-likeness (QED) is 0.445. The molecule has 17 heavy (non-hydrogen) atoms. The van der Waals surface area contributed by atoms with E-state index in [1.165, 1.54) is 26.5 Å². The van der Waals surface area contributed by atoms with Crippen molar-refractivity contribution >= 4 is 16.9 Å². The van der Waals surface area contributed by atoms with Gasteiger partial charge in [-0.1, -0.05) is 0 Å². The molecule has 0 aliphatic heterocycles. The fourth-order valence-corrected chi connectivity index (χ4v) is 1.66. The lowest BCUT2D eigenvalue weighted by Crippen LogP contribution is -2.26. The molecule has 1 aromatic heterocycles. The molecule has 2 aromatic rings. The fraction of sp³-hybridized carbons (Fsp3) is 0.167. The van der Waals surface area contributed by atoms with Crippen LogP contribution in [0.25, 0.3) is 10.9 Å². The second-order valence-corrected chi connectivity index (χ2v) is 3.44. The van der Waals surface area contributed by atoms with E-state index in [4.69, 9.17) is 4.74 Å². The Balaban J connectivity index is 2.76. The van der Waals surface area contributed by atoms with Crippen molar-refractivity contribution in [3.8, 4) is 5.75 Å². The maximum absolute atomic E-state index is 11.6. The predicted octanol–water partition coefficient (Wildman–Crippen LogP) is 1.27. The lowest BCUT2D eigenvalue weighted by atomic mass is 10.1. The van der Waals surface area contributed by atoms with Gasteiger partial charge in [-0.05, 0) is 12.1 Å². The molecule has 0 unspecified atom stereocenters. The Morgan fingerprint density at radius 1 is 1.35 bits per heavy atom. The van der Waals surface area contributed by atoms with Crippen molar-refractivity contribution in [3.05, 3.63) is 41.2 Å². The summed E-state index contributed by atoms with van der Waals surface area (Å²) in [4.78, 5) is 11.4. The summed E-state index contributed by atoms with van der Waals surface area (Å²) in [6.45, 7) is 0. The number of esters is 1. The van der Waals surface area contributed by atoms with Crippen molar-refractivity contribution in [2.45, 2.75) is 0 Å². The molecule has 0 N–H and O–H groups in total. The highest BCUT2D eigenvalue weighted by molar-refractivity contribution is 5.96. The number of hydrogen-bond acceptors (Lipinski definition) is 4. The van der Waals surface area contributed by atoms with Gasteiger partial charge in [0.2, 0.25) is 5.52 Å². The molecule has 0 saturated heterocycles. The van der Waals surface area contributed by atoms with Gasteiger partial charge in [-0.2, -0.15) is 4.73 Å². The van der Waals surface area contributed by atoms with Crippen molar-refractivity contribution in [2.75, 3.05) is 14.2 Å². The topological polar surface area (TPSA) is 62.5 Å². The Bertz CT molecular complexity index is 580. The summed E-state index contributed by atoms with van der Waals surface area (Å²) >= 11 is 0. The number of pyridine rings is 1. The third kappa shape index (κ3) is 1.87. The molecule has 0 aliphatic rings. The Kier molecular flexibility index (Phi) is 2.82. The maximum atomic E-state index is 11.6. The number of fused-ring (bicyclic) bond motifs is 1. The molecule has 0 amide bonds. The van der Waals surface area contributed by atoms with E-state index in [0.29, 0.717) is 21.4 Å². The van der Waals surface area contributed by atoms with Crippen LogP contribution in [0.3, 0.4) is 0 Å². The number of methoxy groups -OCH3 is 2. The summed E-state index contributed by atoms with van der Waals surface area (Å²) in [6, 6.07) is 6.41. The van der Waals surface area contributed by atoms with Gasteiger partial charge < -0.3 is 14.7 Å². The van der Waals surface area contributed by atoms with E-state index in [9.17, 15) is 10.0 Å². The van der Waals surface area contributed by atoms with Gasteiger partial charge in [0.1, 0.15) is 5.75 Å². The van der Waals surface area contributed by atoms with Crippen LogP contribution in [0, 0.1) is 5.21 Å². The minimum atomic E-state index is -0.506. The number of rotatable bonds is 2. The van der Waals surface area contributed by atoms with Gasteiger partial charge >= 0.3 is 5.97 Å². The van der Waals surface area contributed by atoms with E-state index >= 15 is 0 Å². The van der Waals surface area contributed by atoms with Crippen molar-refractivity contribution in [2.24, 2.45) is 0 Å². The number of ether oxygens (including phenoxy) is 2. The van der Waals surface area contributed by atoms with Crippen LogP contribution < -0.4 is 9.47 Å². The standard InChI is InChI=1S/C12H11NO4/c1-16-11-7-8(12(14)17-2)6-10-9(11)4-3-5-13(10)15/h3-7H,1-2H3. The molecule has 0 atom stereocenters. The molecule has 1 heterocycles. The molecule has 1 aromatic carbocycles. The highest BCUT2D eigenvalue weighted by Gasteiger charge is 2.15. The van der Waals surface area contributed by atoms with E-state index < -0.39 is 5.97 Å². The number of hydrogen-bond donors (Lipinski definition) is 0. The SMILES string of the molecule is COC(=O)c1cc(OC)c2ccc[n+]([O-])c2c1. The summed E-state index contributed by atoms with van der Waals surface area (Å²) in [7, 11) is 2.77. The van der Waals surface area contributed by atoms with E-state index in [1.807, 2.05) is 0 Å². The van der Waals surface area contributed by atoms with Gasteiger partial charge in [-0.15, -0.1) is 0 Å². The van der Waals surface area contributed by atoms with Gasteiger partial charge in [0, 0.05) is 12.1 Å². The summed E-state index contributed by atoms with van der Waals surface area (Å²) in [5.41, 5.74) is 0.653. The lowest BCUT2D eigenvalue weighted by Gasteiger charge is -2.08. The van der Waals surface area contributed by atoms with E-state index in [-0.39, 0.29) is 5.56 Å². The number of carbonyl (C=O) groups is 1. The number of aromatic nitrogens is 1. The Morgan fingerprint density at radius 2 is 2.12 bits per heavy atom. The minimum absolute atomic E-state index is 0.285. The number of benzene rings is 1. The van der Waals surface area contributed by atoms with E-state index in [2.05, 4.69) is 4.74 Å². The highest BCUT2D eigenvalue weighted by Crippen LogP contribution is 2.25. The van der Waals surface area contributed by atoms with Crippen LogP contribution in [0.4, 0.5) is 0 Å². The van der Waals surface area contributed by atoms with Crippen molar-refractivity contribution in [3.63, 3.8) is 0 Å². The first kappa shape index (κ1) is 11.2. The zero-order chi connectivity index (χ0) is 12.4. The normalized spacial score (nSPS) is 10.2. The number of carbonyl (C=O) groups excluding carboxylic acids is 1. The molecule has 0 saturated carbocycles. The van der Waals surface area contributed by atoms with Crippen LogP contribution in [-0.4, -0.2) is 20.2 Å². The van der Waals surface area contributed by atoms with E-state index in [0.717, 1.165) is 0 Å². The van der Waals surface area contributed by atoms with Crippen LogP contribution in [-0.2, 0) is 4.74 Å². The molecule has 2 rings (SSSR count). The maximum Gasteiger partial charge on any atom is 0.338 e. The van der Waals surface area contributed by atoms with Gasteiger partial charge in [0.25, 0.3) is 0 Å². The van der Waals surface area contributed by atoms with Crippen molar-refractivity contribution in [1.29, 1.82) is 0 Å². The summed E-state index contributed by atoms with van der Waals surface area (Å²) in [5.74, 6) is -0.0397. The van der Waals surface area contributed by atoms with E-state index in [1.54, 1.807) is 18.2 Å². The third-order valence-electron chi connectivity index (χ3n) is 2.48. The molecular formula is C12H11NO4.